The second-order valence-electron chi connectivity index (χ2n) is 3.38. The van der Waals surface area contributed by atoms with E-state index in [1.165, 1.54) is 0 Å². The number of hydrogen-bond donors (Lipinski definition) is 0. The Morgan fingerprint density at radius 2 is 2.00 bits per heavy atom. The van der Waals surface area contributed by atoms with E-state index in [0.717, 1.165) is 16.7 Å². The fraction of sp³-hybridized carbons (Fsp3) is 0.154. The Bertz CT molecular complexity index is 471. The third-order valence-corrected chi connectivity index (χ3v) is 2.69. The summed E-state index contributed by atoms with van der Waals surface area (Å²) in [7, 11) is 1.60. The molecule has 1 heterocycles. The monoisotopic (exact) mass is 233 g/mol. The second kappa shape index (κ2) is 4.99. The number of hydrogen-bond acceptors (Lipinski definition) is 2. The van der Waals surface area contributed by atoms with Crippen molar-refractivity contribution in [3.05, 3.63) is 48.2 Å². The van der Waals surface area contributed by atoms with Gasteiger partial charge in [-0.1, -0.05) is 30.3 Å². The molecule has 0 aliphatic heterocycles. The number of rotatable bonds is 3. The van der Waals surface area contributed by atoms with Crippen LogP contribution in [0.5, 0.6) is 5.88 Å². The number of pyridine rings is 1. The van der Waals surface area contributed by atoms with Gasteiger partial charge in [0.05, 0.1) is 7.11 Å². The highest BCUT2D eigenvalue weighted by atomic mass is 35.5. The van der Waals surface area contributed by atoms with Gasteiger partial charge in [0.15, 0.2) is 0 Å². The average Bonchev–Trinajstić information content (AvgIpc) is 2.39. The number of halogens is 1. The lowest BCUT2D eigenvalue weighted by atomic mass is 10.0. The number of aromatic nitrogens is 1. The van der Waals surface area contributed by atoms with Crippen LogP contribution in [-0.4, -0.2) is 12.1 Å². The van der Waals surface area contributed by atoms with Crippen LogP contribution in [0.25, 0.3) is 11.1 Å². The number of alkyl halides is 1. The van der Waals surface area contributed by atoms with Crippen LogP contribution in [0.15, 0.2) is 42.6 Å². The summed E-state index contributed by atoms with van der Waals surface area (Å²) in [6.07, 6.45) is 1.80. The molecule has 0 fully saturated rings. The molecule has 2 aromatic rings. The van der Waals surface area contributed by atoms with Gasteiger partial charge in [-0.3, -0.25) is 0 Å². The molecule has 0 spiro atoms. The molecular weight excluding hydrogens is 222 g/mol. The molecule has 2 nitrogen and oxygen atoms in total. The van der Waals surface area contributed by atoms with E-state index in [0.29, 0.717) is 11.8 Å². The fourth-order valence-corrected chi connectivity index (χ4v) is 1.80. The van der Waals surface area contributed by atoms with Crippen molar-refractivity contribution >= 4 is 11.6 Å². The summed E-state index contributed by atoms with van der Waals surface area (Å²) in [6, 6.07) is 11.9. The molecule has 3 heteroatoms. The van der Waals surface area contributed by atoms with Crippen LogP contribution in [0, 0.1) is 0 Å². The molecular formula is C13H12ClNO. The summed E-state index contributed by atoms with van der Waals surface area (Å²) in [5, 5.41) is 0. The van der Waals surface area contributed by atoms with E-state index in [-0.39, 0.29) is 0 Å². The molecule has 1 aromatic heterocycles. The van der Waals surface area contributed by atoms with Crippen LogP contribution in [0.2, 0.25) is 0 Å². The summed E-state index contributed by atoms with van der Waals surface area (Å²) in [5.74, 6) is 1.04. The third kappa shape index (κ3) is 2.17. The molecule has 0 saturated carbocycles. The van der Waals surface area contributed by atoms with E-state index in [4.69, 9.17) is 16.3 Å². The van der Waals surface area contributed by atoms with Crippen LogP contribution in [-0.2, 0) is 5.88 Å². The Balaban J connectivity index is 2.49. The number of ether oxygens (including phenoxy) is 1. The van der Waals surface area contributed by atoms with Gasteiger partial charge in [0.2, 0.25) is 5.88 Å². The van der Waals surface area contributed by atoms with E-state index in [1.807, 2.05) is 36.4 Å². The molecule has 0 aliphatic carbocycles. The molecule has 0 saturated heterocycles. The highest BCUT2D eigenvalue weighted by molar-refractivity contribution is 6.17. The first kappa shape index (κ1) is 11.0. The minimum absolute atomic E-state index is 0.448. The molecule has 16 heavy (non-hydrogen) atoms. The van der Waals surface area contributed by atoms with E-state index in [9.17, 15) is 0 Å². The number of methoxy groups -OCH3 is 1. The summed E-state index contributed by atoms with van der Waals surface area (Å²) < 4.78 is 5.08. The van der Waals surface area contributed by atoms with Gasteiger partial charge in [-0.15, -0.1) is 11.6 Å². The van der Waals surface area contributed by atoms with Crippen molar-refractivity contribution in [3.8, 4) is 17.0 Å². The maximum Gasteiger partial charge on any atom is 0.213 e. The Hall–Kier alpha value is -1.54. The number of nitrogens with zero attached hydrogens (tertiary/aromatic N) is 1. The molecule has 0 N–H and O–H groups in total. The zero-order valence-corrected chi connectivity index (χ0v) is 9.74. The number of benzene rings is 1. The lowest BCUT2D eigenvalue weighted by molar-refractivity contribution is 0.397. The lowest BCUT2D eigenvalue weighted by Crippen LogP contribution is -1.92. The van der Waals surface area contributed by atoms with Gasteiger partial charge in [-0.05, 0) is 11.1 Å². The van der Waals surface area contributed by atoms with Crippen molar-refractivity contribution in [1.29, 1.82) is 0 Å². The maximum atomic E-state index is 5.93. The molecule has 1 aromatic carbocycles. The van der Waals surface area contributed by atoms with Gasteiger partial charge in [0.25, 0.3) is 0 Å². The van der Waals surface area contributed by atoms with E-state index in [2.05, 4.69) is 4.98 Å². The van der Waals surface area contributed by atoms with Crippen LogP contribution in [0.4, 0.5) is 0 Å². The van der Waals surface area contributed by atoms with Gasteiger partial charge < -0.3 is 4.74 Å². The van der Waals surface area contributed by atoms with Crippen LogP contribution in [0.3, 0.4) is 0 Å². The SMILES string of the molecule is COc1cc(CCl)c(-c2ccccc2)cn1. The molecule has 2 rings (SSSR count). The predicted molar refractivity (Wildman–Crippen MR) is 65.8 cm³/mol. The first-order valence-corrected chi connectivity index (χ1v) is 5.53. The van der Waals surface area contributed by atoms with Gasteiger partial charge in [-0.2, -0.15) is 0 Å². The zero-order chi connectivity index (χ0) is 11.4. The molecule has 0 aliphatic rings. The second-order valence-corrected chi connectivity index (χ2v) is 3.65. The van der Waals surface area contributed by atoms with Crippen LogP contribution < -0.4 is 4.74 Å². The third-order valence-electron chi connectivity index (χ3n) is 2.40. The average molecular weight is 234 g/mol. The first-order valence-electron chi connectivity index (χ1n) is 4.99. The largest absolute Gasteiger partial charge is 0.481 e. The van der Waals surface area contributed by atoms with Crippen LogP contribution in [0.1, 0.15) is 5.56 Å². The van der Waals surface area contributed by atoms with Crippen molar-refractivity contribution in [2.75, 3.05) is 7.11 Å². The molecule has 0 amide bonds. The minimum atomic E-state index is 0.448. The van der Waals surface area contributed by atoms with Gasteiger partial charge in [0.1, 0.15) is 0 Å². The van der Waals surface area contributed by atoms with Crippen molar-refractivity contribution in [1.82, 2.24) is 4.98 Å². The Kier molecular flexibility index (Phi) is 3.42. The molecule has 0 bridgehead atoms. The first-order chi connectivity index (χ1) is 7.85. The van der Waals surface area contributed by atoms with Crippen molar-refractivity contribution < 1.29 is 4.74 Å². The maximum absolute atomic E-state index is 5.93. The summed E-state index contributed by atoms with van der Waals surface area (Å²) in [4.78, 5) is 4.20. The van der Waals surface area contributed by atoms with E-state index in [1.54, 1.807) is 13.3 Å². The highest BCUT2D eigenvalue weighted by Gasteiger charge is 2.06. The lowest BCUT2D eigenvalue weighted by Gasteiger charge is -2.08. The van der Waals surface area contributed by atoms with Crippen LogP contribution >= 0.6 is 11.6 Å². The topological polar surface area (TPSA) is 22.1 Å². The normalized spacial score (nSPS) is 10.1. The minimum Gasteiger partial charge on any atom is -0.481 e. The summed E-state index contributed by atoms with van der Waals surface area (Å²) in [6.45, 7) is 0. The van der Waals surface area contributed by atoms with Gasteiger partial charge in [0, 0.05) is 23.7 Å². The van der Waals surface area contributed by atoms with E-state index >= 15 is 0 Å². The highest BCUT2D eigenvalue weighted by Crippen LogP contribution is 2.26. The Labute approximate surface area is 99.9 Å². The van der Waals surface area contributed by atoms with Crippen molar-refractivity contribution in [2.45, 2.75) is 5.88 Å². The smallest absolute Gasteiger partial charge is 0.213 e. The summed E-state index contributed by atoms with van der Waals surface area (Å²) in [5.41, 5.74) is 3.20. The van der Waals surface area contributed by atoms with Crippen molar-refractivity contribution in [3.63, 3.8) is 0 Å². The zero-order valence-electron chi connectivity index (χ0n) is 8.98. The predicted octanol–water partition coefficient (Wildman–Crippen LogP) is 3.50. The fourth-order valence-electron chi connectivity index (χ4n) is 1.57. The standard InChI is InChI=1S/C13H12ClNO/c1-16-13-7-11(8-14)12(9-15-13)10-5-3-2-4-6-10/h2-7,9H,8H2,1H3. The molecule has 0 unspecified atom stereocenters. The van der Waals surface area contributed by atoms with Crippen molar-refractivity contribution in [2.24, 2.45) is 0 Å². The van der Waals surface area contributed by atoms with Gasteiger partial charge >= 0.3 is 0 Å². The summed E-state index contributed by atoms with van der Waals surface area (Å²) >= 11 is 5.93. The quantitative estimate of drug-likeness (QED) is 0.757. The molecule has 0 atom stereocenters. The molecule has 0 radical (unpaired) electrons. The van der Waals surface area contributed by atoms with E-state index < -0.39 is 0 Å². The van der Waals surface area contributed by atoms with Gasteiger partial charge in [-0.25, -0.2) is 4.98 Å². The Morgan fingerprint density at radius 3 is 2.62 bits per heavy atom. The molecule has 82 valence electrons. The Morgan fingerprint density at radius 1 is 1.25 bits per heavy atom.